The first-order valence-electron chi connectivity index (χ1n) is 11.7. The van der Waals surface area contributed by atoms with E-state index in [-0.39, 0.29) is 11.6 Å². The number of rotatable bonds is 8. The Morgan fingerprint density at radius 3 is 2.13 bits per heavy atom. The van der Waals surface area contributed by atoms with Crippen molar-refractivity contribution in [2.24, 2.45) is 0 Å². The van der Waals surface area contributed by atoms with Crippen LogP contribution < -0.4 is 9.47 Å². The first kappa shape index (κ1) is 29.1. The van der Waals surface area contributed by atoms with E-state index in [0.717, 1.165) is 16.5 Å². The van der Waals surface area contributed by atoms with Crippen molar-refractivity contribution in [3.63, 3.8) is 0 Å². The number of hydrogen-bond acceptors (Lipinski definition) is 11. The zero-order valence-electron chi connectivity index (χ0n) is 21.7. The van der Waals surface area contributed by atoms with Crippen molar-refractivity contribution in [1.82, 2.24) is 29.9 Å². The summed E-state index contributed by atoms with van der Waals surface area (Å²) in [4.78, 5) is 31.5. The van der Waals surface area contributed by atoms with Crippen LogP contribution in [0.25, 0.3) is 22.1 Å². The van der Waals surface area contributed by atoms with Crippen LogP contribution in [-0.2, 0) is 14.2 Å². The first-order chi connectivity index (χ1) is 18.9. The Bertz CT molecular complexity index is 1600. The third-order valence-corrected chi connectivity index (χ3v) is 5.27. The van der Waals surface area contributed by atoms with Crippen molar-refractivity contribution >= 4 is 48.5 Å². The Kier molecular flexibility index (Phi) is 10.4. The maximum atomic E-state index is 11.7. The number of pyridine rings is 2. The number of H-pyrrole nitrogens is 1. The Hall–Kier alpha value is -4.42. The van der Waals surface area contributed by atoms with Crippen molar-refractivity contribution in [2.45, 2.75) is 34.2 Å². The molecule has 5 aromatic rings. The molecule has 0 unspecified atom stereocenters. The van der Waals surface area contributed by atoms with E-state index in [2.05, 4.69) is 25.3 Å². The molecule has 13 nitrogen and oxygen atoms in total. The van der Waals surface area contributed by atoms with E-state index in [1.165, 1.54) is 26.2 Å². The molecule has 14 heteroatoms. The summed E-state index contributed by atoms with van der Waals surface area (Å²) in [5, 5.41) is 12.4. The maximum absolute atomic E-state index is 11.7. The third-order valence-electron chi connectivity index (χ3n) is 5.27. The molecule has 0 atom stereocenters. The molecule has 0 bridgehead atoms. The molecule has 5 heterocycles. The average molecular weight is 601 g/mol. The molecule has 0 saturated heterocycles. The van der Waals surface area contributed by atoms with E-state index in [1.54, 1.807) is 23.3 Å². The minimum atomic E-state index is -1.62. The van der Waals surface area contributed by atoms with Crippen LogP contribution >= 0.6 is 0 Å². The number of fused-ring (bicyclic) bond motifs is 2. The average Bonchev–Trinajstić information content (AvgIpc) is 3.67. The summed E-state index contributed by atoms with van der Waals surface area (Å²) in [6.45, 7) is 8.20. The van der Waals surface area contributed by atoms with Gasteiger partial charge >= 0.3 is 22.5 Å². The summed E-state index contributed by atoms with van der Waals surface area (Å²) in [5.41, 5.74) is 2.26. The van der Waals surface area contributed by atoms with E-state index in [0.29, 0.717) is 53.7 Å². The molecule has 5 aromatic heterocycles. The zero-order chi connectivity index (χ0) is 28.4. The predicted octanol–water partition coefficient (Wildman–Crippen LogP) is 3.61. The molecular formula is C25H26N6O7Se. The Morgan fingerprint density at radius 1 is 0.949 bits per heavy atom. The summed E-state index contributed by atoms with van der Waals surface area (Å²) in [6, 6.07) is 3.70. The van der Waals surface area contributed by atoms with Crippen LogP contribution in [0.2, 0.25) is 0 Å². The topological polar surface area (TPSA) is 172 Å². The second kappa shape index (κ2) is 13.9. The number of furan rings is 1. The monoisotopic (exact) mass is 602 g/mol. The van der Waals surface area contributed by atoms with Gasteiger partial charge in [-0.15, -0.1) is 0 Å². The van der Waals surface area contributed by atoms with Crippen LogP contribution in [0.1, 0.15) is 54.2 Å². The molecule has 0 saturated carbocycles. The molecule has 5 rings (SSSR count). The third kappa shape index (κ3) is 6.92. The second-order valence-corrected chi connectivity index (χ2v) is 8.09. The Balaban J connectivity index is 0.000000205. The standard InChI is InChI=1S/C15H15N3O3.C10H11N3O2.O2Se/c1-3-20-14-12(10(2)19)7-16-15-13(14)8-17-18(15)9-11-5-4-6-21-11;1-3-15-9-7(6(2)14)4-11-10-8(9)5-12-13-10;1-3-2/h4-8H,3,9H2,1-2H3;4-5H,3H2,1-2H3,(H,11,12,13);. The number of carbonyl (C=O) groups excluding carboxylic acids is 2. The number of ether oxygens (including phenoxy) is 2. The number of nitrogens with one attached hydrogen (secondary N) is 1. The number of aromatic nitrogens is 6. The molecule has 0 fully saturated rings. The fourth-order valence-electron chi connectivity index (χ4n) is 3.65. The first-order valence-corrected chi connectivity index (χ1v) is 13.1. The fourth-order valence-corrected chi connectivity index (χ4v) is 3.65. The summed E-state index contributed by atoms with van der Waals surface area (Å²) < 4.78 is 35.0. The van der Waals surface area contributed by atoms with Crippen LogP contribution in [0.15, 0.2) is 47.6 Å². The molecule has 0 aliphatic rings. The molecule has 204 valence electrons. The summed E-state index contributed by atoms with van der Waals surface area (Å²) in [5.74, 6) is 1.75. The summed E-state index contributed by atoms with van der Waals surface area (Å²) in [7, 11) is 0. The van der Waals surface area contributed by atoms with Gasteiger partial charge in [-0.1, -0.05) is 0 Å². The van der Waals surface area contributed by atoms with Gasteiger partial charge in [0.05, 0.1) is 53.8 Å². The molecule has 0 aliphatic carbocycles. The van der Waals surface area contributed by atoms with E-state index in [1.807, 2.05) is 26.0 Å². The normalized spacial score (nSPS) is 10.3. The van der Waals surface area contributed by atoms with Crippen LogP contribution in [0.4, 0.5) is 0 Å². The van der Waals surface area contributed by atoms with Crippen LogP contribution in [0.3, 0.4) is 0 Å². The summed E-state index contributed by atoms with van der Waals surface area (Å²) >= 11 is -1.62. The van der Waals surface area contributed by atoms with E-state index >= 15 is 0 Å². The molecule has 0 amide bonds. The molecule has 0 aliphatic heterocycles. The molecule has 1 N–H and O–H groups in total. The van der Waals surface area contributed by atoms with Crippen molar-refractivity contribution in [1.29, 1.82) is 0 Å². The minimum absolute atomic E-state index is 0.0611. The van der Waals surface area contributed by atoms with E-state index in [4.69, 9.17) is 21.6 Å². The number of aromatic amines is 1. The van der Waals surface area contributed by atoms with Gasteiger partial charge < -0.3 is 13.9 Å². The van der Waals surface area contributed by atoms with Gasteiger partial charge in [0.15, 0.2) is 22.9 Å². The van der Waals surface area contributed by atoms with Crippen molar-refractivity contribution < 1.29 is 31.1 Å². The molecule has 39 heavy (non-hydrogen) atoms. The second-order valence-electron chi connectivity index (χ2n) is 7.80. The summed E-state index contributed by atoms with van der Waals surface area (Å²) in [6.07, 6.45) is 7.94. The van der Waals surface area contributed by atoms with Gasteiger partial charge in [0, 0.05) is 12.4 Å². The van der Waals surface area contributed by atoms with E-state index < -0.39 is 14.8 Å². The van der Waals surface area contributed by atoms with E-state index in [9.17, 15) is 9.59 Å². The number of nitrogens with zero attached hydrogens (tertiary/aromatic N) is 5. The number of Topliss-reactive ketones (excluding diaryl/α,β-unsaturated/α-hetero) is 2. The van der Waals surface area contributed by atoms with Gasteiger partial charge in [-0.2, -0.15) is 10.2 Å². The van der Waals surface area contributed by atoms with Crippen LogP contribution in [-0.4, -0.2) is 69.5 Å². The predicted molar refractivity (Wildman–Crippen MR) is 139 cm³/mol. The number of hydrogen-bond donors (Lipinski definition) is 1. The van der Waals surface area contributed by atoms with Gasteiger partial charge in [0.1, 0.15) is 23.8 Å². The zero-order valence-corrected chi connectivity index (χ0v) is 23.4. The SMILES string of the molecule is CCOc1c(C(C)=O)cnc2[nH]ncc12.CCOc1c(C(C)=O)cnc2c1cnn2Cc1ccco1.O=[Se]=O. The van der Waals surface area contributed by atoms with Gasteiger partial charge in [-0.3, -0.25) is 14.7 Å². The molecular weight excluding hydrogens is 575 g/mol. The van der Waals surface area contributed by atoms with Crippen molar-refractivity contribution in [3.8, 4) is 11.5 Å². The number of carbonyl (C=O) groups is 2. The Labute approximate surface area is 228 Å². The molecule has 0 spiro atoms. The van der Waals surface area contributed by atoms with Crippen LogP contribution in [0.5, 0.6) is 11.5 Å². The molecule has 0 aromatic carbocycles. The van der Waals surface area contributed by atoms with Gasteiger partial charge in [-0.05, 0) is 39.8 Å². The Morgan fingerprint density at radius 2 is 1.56 bits per heavy atom. The van der Waals surface area contributed by atoms with Crippen molar-refractivity contribution in [3.05, 3.63) is 60.1 Å². The van der Waals surface area contributed by atoms with Gasteiger partial charge in [0.2, 0.25) is 0 Å². The van der Waals surface area contributed by atoms with Gasteiger partial charge in [0.25, 0.3) is 0 Å². The van der Waals surface area contributed by atoms with Crippen molar-refractivity contribution in [2.75, 3.05) is 13.2 Å². The van der Waals surface area contributed by atoms with Crippen LogP contribution in [0, 0.1) is 0 Å². The fraction of sp³-hybridized carbons (Fsp3) is 0.280. The van der Waals surface area contributed by atoms with Gasteiger partial charge in [-0.25, -0.2) is 14.6 Å². The quantitative estimate of drug-likeness (QED) is 0.203. The number of ketones is 2. The molecule has 0 radical (unpaired) electrons.